The Labute approximate surface area is 98.6 Å². The number of nitrogens with zero attached hydrogens (tertiary/aromatic N) is 3. The normalized spacial score (nSPS) is 10.0. The number of nitrogens with one attached hydrogen (secondary N) is 2. The van der Waals surface area contributed by atoms with E-state index in [9.17, 15) is 9.59 Å². The van der Waals surface area contributed by atoms with Gasteiger partial charge in [-0.3, -0.25) is 14.3 Å². The standard InChI is InChI=1S/C9H16N6O2/c1-15-6-13-7(14-15)2-3-11-9(17)5-12-8(16)4-10/h6H,2-5,10H2,1H3,(H,11,17)(H,12,16). The fourth-order valence-electron chi connectivity index (χ4n) is 1.13. The second kappa shape index (κ2) is 6.59. The molecule has 0 saturated carbocycles. The Balaban J connectivity index is 2.14. The predicted octanol–water partition coefficient (Wildman–Crippen LogP) is -2.45. The maximum Gasteiger partial charge on any atom is 0.239 e. The van der Waals surface area contributed by atoms with Crippen LogP contribution in [-0.4, -0.2) is 46.2 Å². The molecule has 0 saturated heterocycles. The predicted molar refractivity (Wildman–Crippen MR) is 59.8 cm³/mol. The van der Waals surface area contributed by atoms with E-state index in [4.69, 9.17) is 5.73 Å². The lowest BCUT2D eigenvalue weighted by molar-refractivity contribution is -0.125. The first kappa shape index (κ1) is 13.1. The van der Waals surface area contributed by atoms with Crippen molar-refractivity contribution in [1.29, 1.82) is 0 Å². The van der Waals surface area contributed by atoms with Crippen LogP contribution >= 0.6 is 0 Å². The van der Waals surface area contributed by atoms with E-state index >= 15 is 0 Å². The van der Waals surface area contributed by atoms with E-state index in [2.05, 4.69) is 20.7 Å². The summed E-state index contributed by atoms with van der Waals surface area (Å²) >= 11 is 0. The molecule has 1 aromatic heterocycles. The summed E-state index contributed by atoms with van der Waals surface area (Å²) in [7, 11) is 1.78. The van der Waals surface area contributed by atoms with Gasteiger partial charge >= 0.3 is 0 Å². The third kappa shape index (κ3) is 5.07. The highest BCUT2D eigenvalue weighted by atomic mass is 16.2. The molecule has 0 unspecified atom stereocenters. The summed E-state index contributed by atoms with van der Waals surface area (Å²) < 4.78 is 1.60. The summed E-state index contributed by atoms with van der Waals surface area (Å²) in [6.45, 7) is 0.248. The number of carbonyl (C=O) groups is 2. The third-order valence-electron chi connectivity index (χ3n) is 1.95. The van der Waals surface area contributed by atoms with Crippen LogP contribution in [0.2, 0.25) is 0 Å². The molecule has 0 radical (unpaired) electrons. The van der Waals surface area contributed by atoms with E-state index in [1.807, 2.05) is 0 Å². The van der Waals surface area contributed by atoms with Gasteiger partial charge < -0.3 is 16.4 Å². The summed E-state index contributed by atoms with van der Waals surface area (Å²) in [5, 5.41) is 9.07. The topological polar surface area (TPSA) is 115 Å². The first-order valence-electron chi connectivity index (χ1n) is 5.20. The zero-order valence-electron chi connectivity index (χ0n) is 9.64. The zero-order chi connectivity index (χ0) is 12.7. The molecular weight excluding hydrogens is 224 g/mol. The number of aryl methyl sites for hydroxylation is 1. The van der Waals surface area contributed by atoms with Gasteiger partial charge in [0.25, 0.3) is 0 Å². The number of aromatic nitrogens is 3. The number of hydrogen-bond acceptors (Lipinski definition) is 5. The highest BCUT2D eigenvalue weighted by Gasteiger charge is 2.04. The van der Waals surface area contributed by atoms with Gasteiger partial charge in [-0.25, -0.2) is 4.98 Å². The molecular formula is C9H16N6O2. The lowest BCUT2D eigenvalue weighted by atomic mass is 10.4. The molecule has 1 rings (SSSR count). The summed E-state index contributed by atoms with van der Waals surface area (Å²) in [5.41, 5.74) is 5.07. The van der Waals surface area contributed by atoms with Gasteiger partial charge in [-0.1, -0.05) is 0 Å². The van der Waals surface area contributed by atoms with Crippen LogP contribution in [0.5, 0.6) is 0 Å². The molecule has 0 spiro atoms. The van der Waals surface area contributed by atoms with E-state index in [1.165, 1.54) is 0 Å². The van der Waals surface area contributed by atoms with E-state index in [0.717, 1.165) is 0 Å². The van der Waals surface area contributed by atoms with Crippen molar-refractivity contribution in [2.45, 2.75) is 6.42 Å². The van der Waals surface area contributed by atoms with Gasteiger partial charge in [-0.2, -0.15) is 5.10 Å². The highest BCUT2D eigenvalue weighted by Crippen LogP contribution is 1.87. The minimum absolute atomic E-state index is 0.0638. The second-order valence-electron chi connectivity index (χ2n) is 3.42. The Morgan fingerprint density at radius 1 is 1.41 bits per heavy atom. The largest absolute Gasteiger partial charge is 0.354 e. The van der Waals surface area contributed by atoms with Crippen LogP contribution in [0.1, 0.15) is 5.82 Å². The first-order valence-corrected chi connectivity index (χ1v) is 5.20. The van der Waals surface area contributed by atoms with Crippen molar-refractivity contribution in [2.75, 3.05) is 19.6 Å². The maximum atomic E-state index is 11.2. The van der Waals surface area contributed by atoms with Gasteiger partial charge in [0.15, 0.2) is 5.82 Å². The first-order chi connectivity index (χ1) is 8.11. The van der Waals surface area contributed by atoms with Crippen LogP contribution in [0.4, 0.5) is 0 Å². The molecule has 0 fully saturated rings. The number of carbonyl (C=O) groups excluding carboxylic acids is 2. The highest BCUT2D eigenvalue weighted by molar-refractivity contribution is 5.85. The van der Waals surface area contributed by atoms with Gasteiger partial charge in [-0.15, -0.1) is 0 Å². The van der Waals surface area contributed by atoms with Crippen molar-refractivity contribution >= 4 is 11.8 Å². The van der Waals surface area contributed by atoms with Crippen LogP contribution in [-0.2, 0) is 23.1 Å². The average Bonchev–Trinajstić information content (AvgIpc) is 2.72. The quantitative estimate of drug-likeness (QED) is 0.510. The Bertz CT molecular complexity index is 389. The summed E-state index contributed by atoms with van der Waals surface area (Å²) in [5.74, 6) is 0.0491. The molecule has 94 valence electrons. The molecule has 8 heteroatoms. The van der Waals surface area contributed by atoms with Gasteiger partial charge in [0, 0.05) is 20.0 Å². The Hall–Kier alpha value is -1.96. The fourth-order valence-corrected chi connectivity index (χ4v) is 1.13. The lowest BCUT2D eigenvalue weighted by Gasteiger charge is -2.04. The van der Waals surface area contributed by atoms with Crippen molar-refractivity contribution in [3.05, 3.63) is 12.2 Å². The molecule has 4 N–H and O–H groups in total. The van der Waals surface area contributed by atoms with Gasteiger partial charge in [-0.05, 0) is 0 Å². The molecule has 0 aliphatic carbocycles. The van der Waals surface area contributed by atoms with Crippen LogP contribution in [0.25, 0.3) is 0 Å². The van der Waals surface area contributed by atoms with E-state index in [0.29, 0.717) is 18.8 Å². The van der Waals surface area contributed by atoms with Crippen LogP contribution in [0.3, 0.4) is 0 Å². The Morgan fingerprint density at radius 2 is 2.18 bits per heavy atom. The number of hydrogen-bond donors (Lipinski definition) is 3. The number of nitrogens with two attached hydrogens (primary N) is 1. The SMILES string of the molecule is Cn1cnc(CCNC(=O)CNC(=O)CN)n1. The van der Waals surface area contributed by atoms with Crippen molar-refractivity contribution in [3.8, 4) is 0 Å². The Kier molecular flexibility index (Phi) is 5.08. The molecule has 1 aromatic rings. The second-order valence-corrected chi connectivity index (χ2v) is 3.42. The summed E-state index contributed by atoms with van der Waals surface area (Å²) in [6, 6.07) is 0. The van der Waals surface area contributed by atoms with Gasteiger partial charge in [0.1, 0.15) is 6.33 Å². The monoisotopic (exact) mass is 240 g/mol. The average molecular weight is 240 g/mol. The third-order valence-corrected chi connectivity index (χ3v) is 1.95. The smallest absolute Gasteiger partial charge is 0.239 e. The van der Waals surface area contributed by atoms with E-state index in [-0.39, 0.29) is 24.9 Å². The molecule has 8 nitrogen and oxygen atoms in total. The van der Waals surface area contributed by atoms with Crippen LogP contribution in [0.15, 0.2) is 6.33 Å². The molecule has 0 aromatic carbocycles. The molecule has 1 heterocycles. The molecule has 0 bridgehead atoms. The Morgan fingerprint density at radius 3 is 2.76 bits per heavy atom. The molecule has 17 heavy (non-hydrogen) atoms. The van der Waals surface area contributed by atoms with Crippen molar-refractivity contribution in [2.24, 2.45) is 12.8 Å². The fraction of sp³-hybridized carbons (Fsp3) is 0.556. The maximum absolute atomic E-state index is 11.2. The molecule has 2 amide bonds. The van der Waals surface area contributed by atoms with Crippen LogP contribution in [0, 0.1) is 0 Å². The van der Waals surface area contributed by atoms with Crippen molar-refractivity contribution < 1.29 is 9.59 Å². The molecule has 0 aliphatic heterocycles. The lowest BCUT2D eigenvalue weighted by Crippen LogP contribution is -2.40. The van der Waals surface area contributed by atoms with E-state index < -0.39 is 0 Å². The van der Waals surface area contributed by atoms with Crippen LogP contribution < -0.4 is 16.4 Å². The van der Waals surface area contributed by atoms with Gasteiger partial charge in [0.05, 0.1) is 13.1 Å². The van der Waals surface area contributed by atoms with Crippen molar-refractivity contribution in [3.63, 3.8) is 0 Å². The molecule has 0 atom stereocenters. The summed E-state index contributed by atoms with van der Waals surface area (Å²) in [6.07, 6.45) is 2.15. The summed E-state index contributed by atoms with van der Waals surface area (Å²) in [4.78, 5) is 26.0. The van der Waals surface area contributed by atoms with E-state index in [1.54, 1.807) is 18.1 Å². The number of rotatable bonds is 6. The number of amides is 2. The molecule has 0 aliphatic rings. The minimum atomic E-state index is -0.355. The zero-order valence-corrected chi connectivity index (χ0v) is 9.64. The van der Waals surface area contributed by atoms with Gasteiger partial charge in [0.2, 0.25) is 11.8 Å². The minimum Gasteiger partial charge on any atom is -0.354 e. The van der Waals surface area contributed by atoms with Crippen molar-refractivity contribution in [1.82, 2.24) is 25.4 Å².